The van der Waals surface area contributed by atoms with E-state index in [4.69, 9.17) is 5.11 Å². The highest BCUT2D eigenvalue weighted by Crippen LogP contribution is 2.07. The minimum absolute atomic E-state index is 0.0709. The third-order valence-corrected chi connectivity index (χ3v) is 2.08. The molecule has 6 nitrogen and oxygen atoms in total. The molecule has 6 heteroatoms. The van der Waals surface area contributed by atoms with Gasteiger partial charge in [-0.2, -0.15) is 0 Å². The second kappa shape index (κ2) is 5.86. The quantitative estimate of drug-likeness (QED) is 0.614. The zero-order valence-electron chi connectivity index (χ0n) is 9.22. The van der Waals surface area contributed by atoms with Gasteiger partial charge >= 0.3 is 0 Å². The smallest absolute Gasteiger partial charge is 0.254 e. The fourth-order valence-corrected chi connectivity index (χ4v) is 1.39. The van der Waals surface area contributed by atoms with Crippen molar-refractivity contribution in [1.29, 1.82) is 0 Å². The van der Waals surface area contributed by atoms with Gasteiger partial charge in [0.1, 0.15) is 0 Å². The Bertz CT molecular complexity index is 467. The van der Waals surface area contributed by atoms with Crippen molar-refractivity contribution < 1.29 is 15.0 Å². The van der Waals surface area contributed by atoms with E-state index in [1.165, 1.54) is 11.0 Å². The number of amides is 1. The lowest BCUT2D eigenvalue weighted by atomic mass is 10.2. The molecule has 0 aromatic carbocycles. The molecule has 0 unspecified atom stereocenters. The van der Waals surface area contributed by atoms with Gasteiger partial charge in [0, 0.05) is 25.2 Å². The van der Waals surface area contributed by atoms with Crippen molar-refractivity contribution in [2.45, 2.75) is 0 Å². The first kappa shape index (κ1) is 13.0. The first-order valence-corrected chi connectivity index (χ1v) is 5.03. The van der Waals surface area contributed by atoms with E-state index in [-0.39, 0.29) is 31.1 Å². The van der Waals surface area contributed by atoms with E-state index < -0.39 is 11.5 Å². The van der Waals surface area contributed by atoms with E-state index in [1.807, 2.05) is 0 Å². The van der Waals surface area contributed by atoms with Crippen LogP contribution >= 0.6 is 0 Å². The van der Waals surface area contributed by atoms with Gasteiger partial charge in [0.15, 0.2) is 5.88 Å². The maximum absolute atomic E-state index is 11.9. The normalized spacial score (nSPS) is 9.94. The molecule has 0 aliphatic heterocycles. The second-order valence-electron chi connectivity index (χ2n) is 3.38. The summed E-state index contributed by atoms with van der Waals surface area (Å²) >= 11 is 0. The number of hydrogen-bond donors (Lipinski definition) is 3. The largest absolute Gasteiger partial charge is 0.494 e. The van der Waals surface area contributed by atoms with Crippen LogP contribution in [-0.2, 0) is 0 Å². The minimum Gasteiger partial charge on any atom is -0.494 e. The molecule has 1 rings (SSSR count). The molecule has 1 amide bonds. The predicted molar refractivity (Wildman–Crippen MR) is 61.9 cm³/mol. The number of pyridine rings is 1. The van der Waals surface area contributed by atoms with Crippen molar-refractivity contribution in [2.24, 2.45) is 0 Å². The van der Waals surface area contributed by atoms with Gasteiger partial charge < -0.3 is 15.1 Å². The summed E-state index contributed by atoms with van der Waals surface area (Å²) < 4.78 is 0. The van der Waals surface area contributed by atoms with Crippen molar-refractivity contribution in [1.82, 2.24) is 9.88 Å². The second-order valence-corrected chi connectivity index (χ2v) is 3.38. The highest BCUT2D eigenvalue weighted by molar-refractivity contribution is 5.94. The maximum atomic E-state index is 11.9. The molecule has 0 atom stereocenters. The van der Waals surface area contributed by atoms with Crippen LogP contribution in [0.4, 0.5) is 0 Å². The van der Waals surface area contributed by atoms with Crippen LogP contribution in [-0.4, -0.2) is 45.7 Å². The number of hydrogen-bond acceptors (Lipinski definition) is 4. The summed E-state index contributed by atoms with van der Waals surface area (Å²) in [5.74, 6) is -0.816. The Morgan fingerprint density at radius 2 is 2.24 bits per heavy atom. The van der Waals surface area contributed by atoms with E-state index in [1.54, 1.807) is 0 Å². The first-order chi connectivity index (χ1) is 8.08. The number of carbonyl (C=O) groups is 1. The standard InChI is InChI=1S/C11H14N2O4/c1-2-3-13(4-5-14)11(17)8-6-9(15)12-10(16)7-8/h2,6-7,14H,1,3-5H2,(H2,12,15,16). The molecule has 0 aliphatic carbocycles. The van der Waals surface area contributed by atoms with Crippen molar-refractivity contribution in [3.05, 3.63) is 40.7 Å². The summed E-state index contributed by atoms with van der Waals surface area (Å²) in [7, 11) is 0. The van der Waals surface area contributed by atoms with E-state index in [0.717, 1.165) is 12.1 Å². The number of aromatic nitrogens is 1. The van der Waals surface area contributed by atoms with E-state index in [9.17, 15) is 14.7 Å². The number of rotatable bonds is 5. The third kappa shape index (κ3) is 3.46. The number of aromatic amines is 1. The van der Waals surface area contributed by atoms with Crippen molar-refractivity contribution in [2.75, 3.05) is 19.7 Å². The molecule has 0 bridgehead atoms. The molecule has 0 fully saturated rings. The Morgan fingerprint density at radius 3 is 2.76 bits per heavy atom. The highest BCUT2D eigenvalue weighted by atomic mass is 16.3. The van der Waals surface area contributed by atoms with E-state index >= 15 is 0 Å². The molecule has 92 valence electrons. The third-order valence-electron chi connectivity index (χ3n) is 2.08. The summed E-state index contributed by atoms with van der Waals surface area (Å²) in [6.45, 7) is 3.71. The Hall–Kier alpha value is -2.08. The lowest BCUT2D eigenvalue weighted by Crippen LogP contribution is -2.34. The molecular formula is C11H14N2O4. The van der Waals surface area contributed by atoms with Gasteiger partial charge in [0.25, 0.3) is 11.5 Å². The molecule has 0 saturated heterocycles. The molecule has 0 spiro atoms. The van der Waals surface area contributed by atoms with Crippen LogP contribution in [0.1, 0.15) is 10.4 Å². The Balaban J connectivity index is 2.99. The topological polar surface area (TPSA) is 93.6 Å². The van der Waals surface area contributed by atoms with Crippen molar-refractivity contribution in [3.63, 3.8) is 0 Å². The number of aliphatic hydroxyl groups excluding tert-OH is 1. The number of carbonyl (C=O) groups excluding carboxylic acids is 1. The molecule has 0 aliphatic rings. The van der Waals surface area contributed by atoms with Crippen LogP contribution in [0.15, 0.2) is 29.6 Å². The number of H-pyrrole nitrogens is 1. The monoisotopic (exact) mass is 238 g/mol. The fraction of sp³-hybridized carbons (Fsp3) is 0.273. The Morgan fingerprint density at radius 1 is 1.53 bits per heavy atom. The van der Waals surface area contributed by atoms with Crippen LogP contribution in [0.3, 0.4) is 0 Å². The van der Waals surface area contributed by atoms with Crippen LogP contribution in [0.5, 0.6) is 5.88 Å². The maximum Gasteiger partial charge on any atom is 0.254 e. The number of aromatic hydroxyl groups is 1. The predicted octanol–water partition coefficient (Wildman–Crippen LogP) is -0.299. The van der Waals surface area contributed by atoms with Crippen molar-refractivity contribution in [3.8, 4) is 5.88 Å². The number of nitrogens with one attached hydrogen (secondary N) is 1. The zero-order valence-corrected chi connectivity index (χ0v) is 9.22. The van der Waals surface area contributed by atoms with Gasteiger partial charge in [-0.3, -0.25) is 14.6 Å². The molecule has 1 aromatic heterocycles. The summed E-state index contributed by atoms with van der Waals surface area (Å²) in [4.78, 5) is 26.5. The number of nitrogens with zero attached hydrogens (tertiary/aromatic N) is 1. The molecule has 17 heavy (non-hydrogen) atoms. The summed E-state index contributed by atoms with van der Waals surface area (Å²) in [6, 6.07) is 2.26. The van der Waals surface area contributed by atoms with Gasteiger partial charge in [0.2, 0.25) is 0 Å². The molecule has 1 aromatic rings. The van der Waals surface area contributed by atoms with Gasteiger partial charge in [-0.05, 0) is 0 Å². The first-order valence-electron chi connectivity index (χ1n) is 5.03. The SMILES string of the molecule is C=CCN(CCO)C(=O)c1cc(O)[nH]c(=O)c1. The van der Waals surface area contributed by atoms with Crippen LogP contribution in [0, 0.1) is 0 Å². The van der Waals surface area contributed by atoms with Gasteiger partial charge in [-0.15, -0.1) is 6.58 Å². The lowest BCUT2D eigenvalue weighted by molar-refractivity contribution is 0.0742. The van der Waals surface area contributed by atoms with E-state index in [2.05, 4.69) is 11.6 Å². The molecule has 0 radical (unpaired) electrons. The van der Waals surface area contributed by atoms with Gasteiger partial charge in [0.05, 0.1) is 12.2 Å². The average molecular weight is 238 g/mol. The Kier molecular flexibility index (Phi) is 4.47. The minimum atomic E-state index is -0.559. The van der Waals surface area contributed by atoms with Crippen LogP contribution < -0.4 is 5.56 Å². The average Bonchev–Trinajstić information content (AvgIpc) is 2.26. The molecule has 3 N–H and O–H groups in total. The number of aliphatic hydroxyl groups is 1. The Labute approximate surface area is 97.8 Å². The van der Waals surface area contributed by atoms with Gasteiger partial charge in [-0.1, -0.05) is 6.08 Å². The van der Waals surface area contributed by atoms with Crippen molar-refractivity contribution >= 4 is 5.91 Å². The highest BCUT2D eigenvalue weighted by Gasteiger charge is 2.15. The van der Waals surface area contributed by atoms with Gasteiger partial charge in [-0.25, -0.2) is 0 Å². The molecule has 1 heterocycles. The summed E-state index contributed by atoms with van der Waals surface area (Å²) in [6.07, 6.45) is 1.51. The fourth-order valence-electron chi connectivity index (χ4n) is 1.39. The molecular weight excluding hydrogens is 224 g/mol. The zero-order chi connectivity index (χ0) is 12.8. The lowest BCUT2D eigenvalue weighted by Gasteiger charge is -2.19. The summed E-state index contributed by atoms with van der Waals surface area (Å²) in [5.41, 5.74) is -0.488. The van der Waals surface area contributed by atoms with Crippen LogP contribution in [0.25, 0.3) is 0 Å². The molecule has 0 saturated carbocycles. The van der Waals surface area contributed by atoms with E-state index in [0.29, 0.717) is 0 Å². The summed E-state index contributed by atoms with van der Waals surface area (Å²) in [5, 5.41) is 18.0. The van der Waals surface area contributed by atoms with Crippen LogP contribution in [0.2, 0.25) is 0 Å².